The van der Waals surface area contributed by atoms with E-state index in [0.717, 1.165) is 0 Å². The van der Waals surface area contributed by atoms with E-state index in [0.29, 0.717) is 0 Å². The molecule has 4 radical (unpaired) electrons. The molecule has 0 bridgehead atoms. The van der Waals surface area contributed by atoms with Crippen molar-refractivity contribution >= 4 is 91.0 Å². The van der Waals surface area contributed by atoms with Crippen LogP contribution in [0.25, 0.3) is 0 Å². The molecular formula is Co2Fe2O7Sr2. The quantitative estimate of drug-likeness (QED) is 0.334. The first-order valence-corrected chi connectivity index (χ1v) is 0. The van der Waals surface area contributed by atoms with Crippen LogP contribution in [-0.2, 0) is 106 Å². The predicted molar refractivity (Wildman–Crippen MR) is 16.3 cm³/mol. The van der Waals surface area contributed by atoms with Crippen LogP contribution in [-0.4, -0.2) is 91.0 Å². The smallest absolute Gasteiger partial charge is 2.00 e. The monoisotopic (exact) mass is 518 g/mol. The van der Waals surface area contributed by atoms with E-state index in [1.807, 2.05) is 0 Å². The average molecular weight is 517 g/mol. The van der Waals surface area contributed by atoms with Gasteiger partial charge in [0.05, 0.1) is 0 Å². The van der Waals surface area contributed by atoms with Crippen molar-refractivity contribution in [3.05, 3.63) is 0 Å². The first-order valence-electron chi connectivity index (χ1n) is 0. The molecule has 13 heteroatoms. The fourth-order valence-corrected chi connectivity index (χ4v) is 0. The van der Waals surface area contributed by atoms with Gasteiger partial charge < -0.3 is 38.3 Å². The van der Waals surface area contributed by atoms with Crippen molar-refractivity contribution in [2.24, 2.45) is 0 Å². The van der Waals surface area contributed by atoms with Crippen molar-refractivity contribution in [1.29, 1.82) is 0 Å². The van der Waals surface area contributed by atoms with E-state index in [1.165, 1.54) is 0 Å². The van der Waals surface area contributed by atoms with Crippen molar-refractivity contribution in [2.75, 3.05) is 0 Å². The molecule has 0 saturated carbocycles. The number of hydrogen-bond acceptors (Lipinski definition) is 0. The van der Waals surface area contributed by atoms with Gasteiger partial charge in [0.1, 0.15) is 0 Å². The molecule has 0 rings (SSSR count). The van der Waals surface area contributed by atoms with Crippen molar-refractivity contribution in [3.8, 4) is 0 Å². The van der Waals surface area contributed by atoms with Crippen molar-refractivity contribution in [3.63, 3.8) is 0 Å². The molecule has 0 N–H and O–H groups in total. The van der Waals surface area contributed by atoms with Gasteiger partial charge >= 0.3 is 159 Å². The van der Waals surface area contributed by atoms with Crippen LogP contribution in [0.2, 0.25) is 0 Å². The van der Waals surface area contributed by atoms with E-state index in [1.54, 1.807) is 0 Å². The van der Waals surface area contributed by atoms with Crippen LogP contribution in [0.5, 0.6) is 0 Å². The van der Waals surface area contributed by atoms with Gasteiger partial charge in [0, 0.05) is 0 Å². The van der Waals surface area contributed by atoms with Crippen molar-refractivity contribution in [1.82, 2.24) is 0 Å². The maximum Gasteiger partial charge on any atom is 3.00 e. The molecule has 0 spiro atoms. The van der Waals surface area contributed by atoms with E-state index in [4.69, 9.17) is 0 Å². The standard InChI is InChI=1S/2Co.2Fe.7O.2Sr/q2*+2;2*+3;7*-2;2*+2. The van der Waals surface area contributed by atoms with E-state index in [-0.39, 0.29) is 197 Å². The molecule has 0 aliphatic carbocycles. The Hall–Kier alpha value is 4.73. The molecule has 7 nitrogen and oxygen atoms in total. The number of rotatable bonds is 0. The second-order valence-corrected chi connectivity index (χ2v) is 0. The summed E-state index contributed by atoms with van der Waals surface area (Å²) in [6.07, 6.45) is 0. The maximum absolute atomic E-state index is 0. The third kappa shape index (κ3) is 162. The fraction of sp³-hybridized carbons (Fsp3) is 0. The van der Waals surface area contributed by atoms with Crippen LogP contribution in [0.3, 0.4) is 0 Å². The van der Waals surface area contributed by atoms with Gasteiger partial charge in [-0.2, -0.15) is 0 Å². The normalized spacial score (nSPS) is 0. The molecule has 0 aromatic heterocycles. The molecular weight excluding hydrogens is 517 g/mol. The minimum Gasteiger partial charge on any atom is -2.00 e. The van der Waals surface area contributed by atoms with Gasteiger partial charge in [-0.05, 0) is 0 Å². The van der Waals surface area contributed by atoms with E-state index in [2.05, 4.69) is 0 Å². The minimum atomic E-state index is 0. The Morgan fingerprint density at radius 2 is 0.308 bits per heavy atom. The molecule has 0 amide bonds. The van der Waals surface area contributed by atoms with Crippen LogP contribution in [0.4, 0.5) is 0 Å². The minimum absolute atomic E-state index is 0. The Kier molecular flexibility index (Phi) is 3150. The summed E-state index contributed by atoms with van der Waals surface area (Å²) in [6, 6.07) is 0. The Morgan fingerprint density at radius 3 is 0.308 bits per heavy atom. The van der Waals surface area contributed by atoms with Crippen LogP contribution >= 0.6 is 0 Å². The van der Waals surface area contributed by atoms with Gasteiger partial charge in [-0.25, -0.2) is 0 Å². The van der Waals surface area contributed by atoms with Gasteiger partial charge in [0.25, 0.3) is 0 Å². The first kappa shape index (κ1) is 222. The second-order valence-electron chi connectivity index (χ2n) is 0. The molecule has 80 valence electrons. The zero-order chi connectivity index (χ0) is 0. The summed E-state index contributed by atoms with van der Waals surface area (Å²) in [6.45, 7) is 0. The summed E-state index contributed by atoms with van der Waals surface area (Å²) in [5.74, 6) is 0. The summed E-state index contributed by atoms with van der Waals surface area (Å²) in [7, 11) is 0. The summed E-state index contributed by atoms with van der Waals surface area (Å²) < 4.78 is 0. The van der Waals surface area contributed by atoms with Crippen molar-refractivity contribution < 1.29 is 106 Å². The molecule has 0 aromatic carbocycles. The van der Waals surface area contributed by atoms with Gasteiger partial charge in [-0.1, -0.05) is 0 Å². The van der Waals surface area contributed by atoms with E-state index >= 15 is 0 Å². The Morgan fingerprint density at radius 1 is 0.308 bits per heavy atom. The molecule has 0 unspecified atom stereocenters. The Balaban J connectivity index is 0. The number of hydrogen-bond donors (Lipinski definition) is 0. The van der Waals surface area contributed by atoms with Gasteiger partial charge in [0.2, 0.25) is 0 Å². The van der Waals surface area contributed by atoms with Gasteiger partial charge in [-0.15, -0.1) is 0 Å². The summed E-state index contributed by atoms with van der Waals surface area (Å²) in [5, 5.41) is 0. The van der Waals surface area contributed by atoms with E-state index in [9.17, 15) is 0 Å². The molecule has 0 heterocycles. The Bertz CT molecular complexity index is 22.5. The molecule has 0 aromatic rings. The topological polar surface area (TPSA) is 200 Å². The fourth-order valence-electron chi connectivity index (χ4n) is 0. The molecule has 0 aliphatic heterocycles. The Labute approximate surface area is 192 Å². The molecule has 0 atom stereocenters. The van der Waals surface area contributed by atoms with Crippen molar-refractivity contribution in [2.45, 2.75) is 0 Å². The third-order valence-electron chi connectivity index (χ3n) is 0. The van der Waals surface area contributed by atoms with Gasteiger partial charge in [-0.3, -0.25) is 0 Å². The van der Waals surface area contributed by atoms with Crippen LogP contribution in [0.15, 0.2) is 0 Å². The molecule has 0 saturated heterocycles. The first-order chi connectivity index (χ1) is 0. The maximum atomic E-state index is 0. The SMILES string of the molecule is [Co+2].[Co+2].[Fe+3].[Fe+3].[O-2].[O-2].[O-2].[O-2].[O-2].[O-2].[O-2].[Sr+2].[Sr+2]. The largest absolute Gasteiger partial charge is 3.00 e. The summed E-state index contributed by atoms with van der Waals surface area (Å²) >= 11 is 0. The van der Waals surface area contributed by atoms with Crippen LogP contribution < -0.4 is 0 Å². The molecule has 0 fully saturated rings. The zero-order valence-electron chi connectivity index (χ0n) is 5.65. The second kappa shape index (κ2) is 185. The predicted octanol–water partition coefficient (Wildman–Crippen LogP) is -1.60. The molecule has 0 aliphatic rings. The summed E-state index contributed by atoms with van der Waals surface area (Å²) in [5.41, 5.74) is 0. The van der Waals surface area contributed by atoms with Crippen LogP contribution in [0, 0.1) is 0 Å². The molecule has 13 heavy (non-hydrogen) atoms. The average Bonchev–Trinajstić information content (AvgIpc) is 0. The van der Waals surface area contributed by atoms with Crippen LogP contribution in [0.1, 0.15) is 0 Å². The third-order valence-corrected chi connectivity index (χ3v) is 0. The summed E-state index contributed by atoms with van der Waals surface area (Å²) in [4.78, 5) is 0. The van der Waals surface area contributed by atoms with E-state index < -0.39 is 0 Å². The zero-order valence-corrected chi connectivity index (χ0v) is 16.9. The van der Waals surface area contributed by atoms with Gasteiger partial charge in [0.15, 0.2) is 0 Å².